The van der Waals surface area contributed by atoms with Crippen LogP contribution in [-0.2, 0) is 9.53 Å². The van der Waals surface area contributed by atoms with Gasteiger partial charge in [0.05, 0.1) is 25.8 Å². The first kappa shape index (κ1) is 13.9. The summed E-state index contributed by atoms with van der Waals surface area (Å²) in [7, 11) is 2.88. The van der Waals surface area contributed by atoms with Gasteiger partial charge in [0.15, 0.2) is 0 Å². The molecule has 6 heteroatoms. The molecule has 1 unspecified atom stereocenters. The molecule has 0 aromatic heterocycles. The van der Waals surface area contributed by atoms with E-state index in [-0.39, 0.29) is 6.03 Å². The topological polar surface area (TPSA) is 76.7 Å². The van der Waals surface area contributed by atoms with Gasteiger partial charge in [-0.05, 0) is 24.6 Å². The van der Waals surface area contributed by atoms with Crippen LogP contribution in [0.1, 0.15) is 18.5 Å². The summed E-state index contributed by atoms with van der Waals surface area (Å²) >= 11 is 0. The molecule has 20 heavy (non-hydrogen) atoms. The van der Waals surface area contributed by atoms with Gasteiger partial charge < -0.3 is 20.1 Å². The summed E-state index contributed by atoms with van der Waals surface area (Å²) in [6.07, 6.45) is 0. The number of rotatable bonds is 3. The van der Waals surface area contributed by atoms with Gasteiger partial charge >= 0.3 is 12.0 Å². The minimum absolute atomic E-state index is 0.351. The summed E-state index contributed by atoms with van der Waals surface area (Å²) in [6, 6.07) is 6.25. The average molecular weight is 276 g/mol. The van der Waals surface area contributed by atoms with Crippen molar-refractivity contribution >= 4 is 12.0 Å². The standard InChI is InChI=1S/C14H16N2O4/c1-8-11(13(17)20-3)12(16-14(18)15-8)9-4-6-10(19-2)7-5-9/h4-7,12H,1-3H3,(H2,15,16,18). The number of nitrogens with one attached hydrogen (secondary N) is 2. The molecule has 1 atom stereocenters. The van der Waals surface area contributed by atoms with E-state index >= 15 is 0 Å². The molecule has 0 aliphatic carbocycles. The number of hydrogen-bond acceptors (Lipinski definition) is 4. The van der Waals surface area contributed by atoms with Crippen molar-refractivity contribution in [2.45, 2.75) is 13.0 Å². The summed E-state index contributed by atoms with van der Waals surface area (Å²) in [5.41, 5.74) is 1.65. The monoisotopic (exact) mass is 276 g/mol. The van der Waals surface area contributed by atoms with Crippen molar-refractivity contribution in [2.75, 3.05) is 14.2 Å². The van der Waals surface area contributed by atoms with Crippen molar-refractivity contribution in [3.05, 3.63) is 41.1 Å². The Labute approximate surface area is 116 Å². The Hall–Kier alpha value is -2.50. The van der Waals surface area contributed by atoms with Gasteiger partial charge in [-0.2, -0.15) is 0 Å². The molecular formula is C14H16N2O4. The second kappa shape index (κ2) is 5.64. The maximum Gasteiger partial charge on any atom is 0.337 e. The van der Waals surface area contributed by atoms with E-state index in [1.165, 1.54) is 7.11 Å². The fourth-order valence-corrected chi connectivity index (χ4v) is 2.12. The Morgan fingerprint density at radius 3 is 2.40 bits per heavy atom. The maximum atomic E-state index is 11.9. The summed E-state index contributed by atoms with van der Waals surface area (Å²) in [5, 5.41) is 5.29. The zero-order chi connectivity index (χ0) is 14.7. The highest BCUT2D eigenvalue weighted by Gasteiger charge is 2.31. The van der Waals surface area contributed by atoms with Crippen LogP contribution in [0.5, 0.6) is 5.75 Å². The van der Waals surface area contributed by atoms with Crippen LogP contribution in [0.4, 0.5) is 4.79 Å². The zero-order valence-electron chi connectivity index (χ0n) is 11.5. The highest BCUT2D eigenvalue weighted by molar-refractivity contribution is 5.94. The Bertz CT molecular complexity index is 563. The lowest BCUT2D eigenvalue weighted by molar-refractivity contribution is -0.136. The van der Waals surface area contributed by atoms with E-state index in [0.717, 1.165) is 5.56 Å². The maximum absolute atomic E-state index is 11.9. The fourth-order valence-electron chi connectivity index (χ4n) is 2.12. The van der Waals surface area contributed by atoms with Crippen LogP contribution in [0, 0.1) is 0 Å². The molecule has 0 spiro atoms. The molecule has 1 aromatic carbocycles. The van der Waals surface area contributed by atoms with Crippen LogP contribution >= 0.6 is 0 Å². The van der Waals surface area contributed by atoms with Crippen molar-refractivity contribution in [1.82, 2.24) is 10.6 Å². The van der Waals surface area contributed by atoms with Crippen LogP contribution in [0.25, 0.3) is 0 Å². The third-order valence-corrected chi connectivity index (χ3v) is 3.12. The highest BCUT2D eigenvalue weighted by Crippen LogP contribution is 2.28. The average Bonchev–Trinajstić information content (AvgIpc) is 2.46. The summed E-state index contributed by atoms with van der Waals surface area (Å²) in [4.78, 5) is 23.5. The fraction of sp³-hybridized carbons (Fsp3) is 0.286. The third kappa shape index (κ3) is 2.59. The van der Waals surface area contributed by atoms with E-state index in [0.29, 0.717) is 17.0 Å². The Morgan fingerprint density at radius 2 is 1.85 bits per heavy atom. The smallest absolute Gasteiger partial charge is 0.337 e. The molecule has 1 aliphatic heterocycles. The Morgan fingerprint density at radius 1 is 1.20 bits per heavy atom. The lowest BCUT2D eigenvalue weighted by Crippen LogP contribution is -2.45. The van der Waals surface area contributed by atoms with E-state index in [1.807, 2.05) is 0 Å². The normalized spacial score (nSPS) is 18.1. The number of carbonyl (C=O) groups is 2. The molecule has 0 bridgehead atoms. The molecule has 1 heterocycles. The molecule has 0 saturated heterocycles. The van der Waals surface area contributed by atoms with Gasteiger partial charge in [0, 0.05) is 5.70 Å². The van der Waals surface area contributed by atoms with Gasteiger partial charge in [-0.1, -0.05) is 12.1 Å². The summed E-state index contributed by atoms with van der Waals surface area (Å²) < 4.78 is 9.87. The Balaban J connectivity index is 2.42. The largest absolute Gasteiger partial charge is 0.497 e. The second-order valence-corrected chi connectivity index (χ2v) is 4.33. The van der Waals surface area contributed by atoms with Crippen molar-refractivity contribution in [3.63, 3.8) is 0 Å². The van der Waals surface area contributed by atoms with Gasteiger partial charge in [-0.3, -0.25) is 0 Å². The number of allylic oxidation sites excluding steroid dienone is 1. The number of ether oxygens (including phenoxy) is 2. The van der Waals surface area contributed by atoms with Gasteiger partial charge in [0.1, 0.15) is 5.75 Å². The number of benzene rings is 1. The SMILES string of the molecule is COC(=O)C1=C(C)NC(=O)NC1c1ccc(OC)cc1. The van der Waals surface area contributed by atoms with Crippen LogP contribution in [0.2, 0.25) is 0 Å². The van der Waals surface area contributed by atoms with Crippen LogP contribution < -0.4 is 15.4 Å². The quantitative estimate of drug-likeness (QED) is 0.820. The third-order valence-electron chi connectivity index (χ3n) is 3.12. The van der Waals surface area contributed by atoms with E-state index < -0.39 is 12.0 Å². The first-order chi connectivity index (χ1) is 9.56. The zero-order valence-corrected chi connectivity index (χ0v) is 11.5. The molecule has 6 nitrogen and oxygen atoms in total. The van der Waals surface area contributed by atoms with Crippen LogP contribution in [0.3, 0.4) is 0 Å². The number of carbonyl (C=O) groups excluding carboxylic acids is 2. The van der Waals surface area contributed by atoms with E-state index in [4.69, 9.17) is 9.47 Å². The highest BCUT2D eigenvalue weighted by atomic mass is 16.5. The van der Waals surface area contributed by atoms with Crippen LogP contribution in [0.15, 0.2) is 35.5 Å². The second-order valence-electron chi connectivity index (χ2n) is 4.33. The minimum atomic E-state index is -0.540. The molecule has 2 rings (SSSR count). The van der Waals surface area contributed by atoms with E-state index in [1.54, 1.807) is 38.3 Å². The number of methoxy groups -OCH3 is 2. The van der Waals surface area contributed by atoms with Gasteiger partial charge in [-0.25, -0.2) is 9.59 Å². The molecule has 0 fully saturated rings. The van der Waals surface area contributed by atoms with Gasteiger partial charge in [0.25, 0.3) is 0 Å². The molecule has 2 amide bonds. The van der Waals surface area contributed by atoms with Crippen LogP contribution in [-0.4, -0.2) is 26.2 Å². The molecule has 106 valence electrons. The molecular weight excluding hydrogens is 260 g/mol. The first-order valence-electron chi connectivity index (χ1n) is 6.07. The number of amides is 2. The predicted molar refractivity (Wildman–Crippen MR) is 72.1 cm³/mol. The predicted octanol–water partition coefficient (Wildman–Crippen LogP) is 1.50. The minimum Gasteiger partial charge on any atom is -0.497 e. The molecule has 0 radical (unpaired) electrons. The molecule has 2 N–H and O–H groups in total. The van der Waals surface area contributed by atoms with Gasteiger partial charge in [-0.15, -0.1) is 0 Å². The summed E-state index contributed by atoms with van der Waals surface area (Å²) in [5.74, 6) is 0.227. The number of esters is 1. The lowest BCUT2D eigenvalue weighted by Gasteiger charge is -2.27. The first-order valence-corrected chi connectivity index (χ1v) is 6.07. The van der Waals surface area contributed by atoms with Gasteiger partial charge in [0.2, 0.25) is 0 Å². The lowest BCUT2D eigenvalue weighted by atomic mass is 9.95. The molecule has 1 aliphatic rings. The number of urea groups is 1. The van der Waals surface area contributed by atoms with E-state index in [2.05, 4.69) is 10.6 Å². The molecule has 1 aromatic rings. The molecule has 0 saturated carbocycles. The van der Waals surface area contributed by atoms with Crippen molar-refractivity contribution in [3.8, 4) is 5.75 Å². The van der Waals surface area contributed by atoms with Crippen molar-refractivity contribution < 1.29 is 19.1 Å². The Kier molecular flexibility index (Phi) is 3.93. The van der Waals surface area contributed by atoms with Crippen molar-refractivity contribution in [1.29, 1.82) is 0 Å². The number of hydrogen-bond donors (Lipinski definition) is 2. The van der Waals surface area contributed by atoms with E-state index in [9.17, 15) is 9.59 Å². The van der Waals surface area contributed by atoms with Crippen molar-refractivity contribution in [2.24, 2.45) is 0 Å². The summed E-state index contributed by atoms with van der Waals surface area (Å²) in [6.45, 7) is 1.67.